The van der Waals surface area contributed by atoms with Crippen molar-refractivity contribution in [3.63, 3.8) is 0 Å². The van der Waals surface area contributed by atoms with Crippen LogP contribution in [0, 0.1) is 13.8 Å². The summed E-state index contributed by atoms with van der Waals surface area (Å²) in [6.07, 6.45) is 0. The van der Waals surface area contributed by atoms with Gasteiger partial charge in [-0.25, -0.2) is 10.8 Å². The molecule has 0 radical (unpaired) electrons. The summed E-state index contributed by atoms with van der Waals surface area (Å²) in [5.74, 6) is 5.61. The summed E-state index contributed by atoms with van der Waals surface area (Å²) in [5.41, 5.74) is 8.19. The average Bonchev–Trinajstić information content (AvgIpc) is 2.68. The number of hydrogen-bond donors (Lipinski definition) is 3. The largest absolute Gasteiger partial charge is 0.294 e. The lowest BCUT2D eigenvalue weighted by atomic mass is 9.99. The maximum Gasteiger partial charge on any atom is 0.262 e. The molecule has 0 saturated carbocycles. The molecule has 0 saturated heterocycles. The number of nitrogens with one attached hydrogen (secondary N) is 2. The maximum absolute atomic E-state index is 12.7. The van der Waals surface area contributed by atoms with Gasteiger partial charge in [-0.15, -0.1) is 0 Å². The molecule has 0 amide bonds. The van der Waals surface area contributed by atoms with E-state index in [4.69, 9.17) is 5.84 Å². The smallest absolute Gasteiger partial charge is 0.262 e. The molecule has 0 atom stereocenters. The zero-order chi connectivity index (χ0) is 19.0. The number of hydrogen-bond acceptors (Lipinski definition) is 5. The monoisotopic (exact) mass is 357 g/mol. The molecule has 0 bridgehead atoms. The van der Waals surface area contributed by atoms with Crippen LogP contribution < -0.4 is 16.8 Å². The molecule has 4 N–H and O–H groups in total. The number of nitrogen functional groups attached to an aromatic ring is 1. The molecule has 0 fully saturated rings. The van der Waals surface area contributed by atoms with Crippen LogP contribution in [0.25, 0.3) is 33.4 Å². The predicted octanol–water partition coefficient (Wildman–Crippen LogP) is 3.55. The number of anilines is 1. The Bertz CT molecular complexity index is 1180. The lowest BCUT2D eigenvalue weighted by Gasteiger charge is -2.11. The van der Waals surface area contributed by atoms with Gasteiger partial charge >= 0.3 is 0 Å². The first-order valence-electron chi connectivity index (χ1n) is 8.61. The minimum atomic E-state index is -0.286. The number of nitrogens with zero attached hydrogens (tertiary/aromatic N) is 2. The number of hydrazine groups is 1. The van der Waals surface area contributed by atoms with Gasteiger partial charge in [0, 0.05) is 11.1 Å². The first-order valence-corrected chi connectivity index (χ1v) is 8.61. The van der Waals surface area contributed by atoms with Crippen LogP contribution in [0.15, 0.2) is 59.4 Å². The SMILES string of the molecule is Cc1ccc(-c2cc(-c3ccc(C)cc3)c3c(=O)[nH]c(NN)nc3n2)cc1. The van der Waals surface area contributed by atoms with Crippen molar-refractivity contribution in [2.75, 3.05) is 5.43 Å². The van der Waals surface area contributed by atoms with Gasteiger partial charge in [0.05, 0.1) is 11.1 Å². The molecular weight excluding hydrogens is 338 g/mol. The number of aromatic amines is 1. The van der Waals surface area contributed by atoms with E-state index in [1.807, 2.05) is 68.4 Å². The van der Waals surface area contributed by atoms with E-state index >= 15 is 0 Å². The molecule has 4 aromatic rings. The number of nitrogens with two attached hydrogens (primary N) is 1. The molecule has 2 heterocycles. The standard InChI is InChI=1S/C21H19N5O/c1-12-3-7-14(8-4-12)16-11-17(15-9-5-13(2)6-10-15)23-19-18(16)20(27)25-21(24-19)26-22/h3-11H,22H2,1-2H3,(H2,23,24,25,26,27). The van der Waals surface area contributed by atoms with Crippen molar-refractivity contribution in [3.8, 4) is 22.4 Å². The van der Waals surface area contributed by atoms with E-state index in [1.165, 1.54) is 5.56 Å². The summed E-state index contributed by atoms with van der Waals surface area (Å²) < 4.78 is 0. The van der Waals surface area contributed by atoms with Crippen molar-refractivity contribution >= 4 is 17.0 Å². The first kappa shape index (κ1) is 16.9. The Morgan fingerprint density at radius 2 is 1.48 bits per heavy atom. The fourth-order valence-electron chi connectivity index (χ4n) is 3.04. The van der Waals surface area contributed by atoms with Gasteiger partial charge < -0.3 is 0 Å². The number of rotatable bonds is 3. The molecule has 2 aromatic carbocycles. The third kappa shape index (κ3) is 3.18. The molecule has 0 unspecified atom stereocenters. The van der Waals surface area contributed by atoms with Crippen molar-refractivity contribution in [3.05, 3.63) is 76.1 Å². The Labute approximate surface area is 156 Å². The van der Waals surface area contributed by atoms with Gasteiger partial charge in [0.1, 0.15) is 0 Å². The molecule has 6 heteroatoms. The van der Waals surface area contributed by atoms with Crippen LogP contribution in [0.1, 0.15) is 11.1 Å². The van der Waals surface area contributed by atoms with Gasteiger partial charge in [0.15, 0.2) is 5.65 Å². The summed E-state index contributed by atoms with van der Waals surface area (Å²) in [6.45, 7) is 4.06. The van der Waals surface area contributed by atoms with Crippen LogP contribution in [0.5, 0.6) is 0 Å². The van der Waals surface area contributed by atoms with Gasteiger partial charge in [-0.2, -0.15) is 4.98 Å². The topological polar surface area (TPSA) is 96.7 Å². The van der Waals surface area contributed by atoms with E-state index in [0.717, 1.165) is 27.9 Å². The van der Waals surface area contributed by atoms with E-state index in [0.29, 0.717) is 11.0 Å². The van der Waals surface area contributed by atoms with Crippen molar-refractivity contribution < 1.29 is 0 Å². The Morgan fingerprint density at radius 1 is 0.889 bits per heavy atom. The molecular formula is C21H19N5O. The number of aromatic nitrogens is 3. The summed E-state index contributed by atoms with van der Waals surface area (Å²) in [6, 6.07) is 18.1. The number of aryl methyl sites for hydroxylation is 2. The summed E-state index contributed by atoms with van der Waals surface area (Å²) >= 11 is 0. The van der Waals surface area contributed by atoms with Gasteiger partial charge in [-0.1, -0.05) is 59.7 Å². The number of fused-ring (bicyclic) bond motifs is 1. The van der Waals surface area contributed by atoms with E-state index in [1.54, 1.807) is 0 Å². The van der Waals surface area contributed by atoms with Gasteiger partial charge in [0.25, 0.3) is 5.56 Å². The molecule has 0 aliphatic heterocycles. The second kappa shape index (κ2) is 6.66. The van der Waals surface area contributed by atoms with Crippen LogP contribution in [0.4, 0.5) is 5.95 Å². The zero-order valence-corrected chi connectivity index (χ0v) is 15.1. The fraction of sp³-hybridized carbons (Fsp3) is 0.0952. The number of H-pyrrole nitrogens is 1. The Balaban J connectivity index is 2.05. The van der Waals surface area contributed by atoms with E-state index in [2.05, 4.69) is 20.4 Å². The van der Waals surface area contributed by atoms with E-state index in [-0.39, 0.29) is 11.5 Å². The fourth-order valence-corrected chi connectivity index (χ4v) is 3.04. The molecule has 0 aliphatic carbocycles. The Morgan fingerprint density at radius 3 is 2.07 bits per heavy atom. The predicted molar refractivity (Wildman–Crippen MR) is 108 cm³/mol. The highest BCUT2D eigenvalue weighted by atomic mass is 16.1. The average molecular weight is 357 g/mol. The van der Waals surface area contributed by atoms with Crippen LogP contribution in [-0.4, -0.2) is 15.0 Å². The quantitative estimate of drug-likeness (QED) is 0.385. The van der Waals surface area contributed by atoms with Crippen molar-refractivity contribution in [2.45, 2.75) is 13.8 Å². The van der Waals surface area contributed by atoms with Gasteiger partial charge in [-0.3, -0.25) is 15.2 Å². The second-order valence-corrected chi connectivity index (χ2v) is 6.54. The molecule has 2 aromatic heterocycles. The second-order valence-electron chi connectivity index (χ2n) is 6.54. The maximum atomic E-state index is 12.7. The van der Waals surface area contributed by atoms with E-state index < -0.39 is 0 Å². The molecule has 27 heavy (non-hydrogen) atoms. The minimum absolute atomic E-state index is 0.177. The van der Waals surface area contributed by atoms with Gasteiger partial charge in [-0.05, 0) is 25.5 Å². The number of pyridine rings is 1. The molecule has 4 rings (SSSR count). The van der Waals surface area contributed by atoms with Crippen LogP contribution in [0.2, 0.25) is 0 Å². The third-order valence-corrected chi connectivity index (χ3v) is 4.52. The van der Waals surface area contributed by atoms with Gasteiger partial charge in [0.2, 0.25) is 5.95 Å². The van der Waals surface area contributed by atoms with Crippen molar-refractivity contribution in [1.29, 1.82) is 0 Å². The Hall–Kier alpha value is -3.51. The minimum Gasteiger partial charge on any atom is -0.294 e. The van der Waals surface area contributed by atoms with Crippen LogP contribution in [-0.2, 0) is 0 Å². The normalized spacial score (nSPS) is 10.9. The third-order valence-electron chi connectivity index (χ3n) is 4.52. The summed E-state index contributed by atoms with van der Waals surface area (Å²) in [5, 5.41) is 0.439. The molecule has 0 spiro atoms. The zero-order valence-electron chi connectivity index (χ0n) is 15.1. The lowest BCUT2D eigenvalue weighted by molar-refractivity contribution is 1.10. The molecule has 134 valence electrons. The van der Waals surface area contributed by atoms with E-state index in [9.17, 15) is 4.79 Å². The summed E-state index contributed by atoms with van der Waals surface area (Å²) in [4.78, 5) is 24.3. The number of benzene rings is 2. The highest BCUT2D eigenvalue weighted by molar-refractivity contribution is 5.94. The van der Waals surface area contributed by atoms with Crippen molar-refractivity contribution in [2.24, 2.45) is 5.84 Å². The van der Waals surface area contributed by atoms with Crippen molar-refractivity contribution in [1.82, 2.24) is 15.0 Å². The molecule has 6 nitrogen and oxygen atoms in total. The lowest BCUT2D eigenvalue weighted by Crippen LogP contribution is -2.18. The highest BCUT2D eigenvalue weighted by Crippen LogP contribution is 2.30. The molecule has 0 aliphatic rings. The Kier molecular flexibility index (Phi) is 4.18. The first-order chi connectivity index (χ1) is 13.0. The van der Waals surface area contributed by atoms with Crippen LogP contribution >= 0.6 is 0 Å². The summed E-state index contributed by atoms with van der Waals surface area (Å²) in [7, 11) is 0. The highest BCUT2D eigenvalue weighted by Gasteiger charge is 2.14. The van der Waals surface area contributed by atoms with Crippen LogP contribution in [0.3, 0.4) is 0 Å².